The monoisotopic (exact) mass is 238 g/mol. The largest absolute Gasteiger partial charge is 0.314 e. The van der Waals surface area contributed by atoms with Crippen molar-refractivity contribution >= 4 is 0 Å². The second kappa shape index (κ2) is 6.19. The van der Waals surface area contributed by atoms with E-state index in [1.165, 1.54) is 71.1 Å². The molecule has 2 rings (SSSR count). The summed E-state index contributed by atoms with van der Waals surface area (Å²) in [5.41, 5.74) is 0.643. The summed E-state index contributed by atoms with van der Waals surface area (Å²) in [6, 6.07) is 0.794. The first kappa shape index (κ1) is 13.4. The Labute approximate surface area is 107 Å². The molecular weight excluding hydrogens is 208 g/mol. The molecule has 0 amide bonds. The summed E-state index contributed by atoms with van der Waals surface area (Å²) in [6.45, 7) is 9.94. The van der Waals surface area contributed by atoms with E-state index in [0.29, 0.717) is 5.41 Å². The molecule has 1 aliphatic carbocycles. The highest BCUT2D eigenvalue weighted by molar-refractivity contribution is 4.86. The maximum absolute atomic E-state index is 3.67. The van der Waals surface area contributed by atoms with E-state index in [0.717, 1.165) is 6.04 Å². The van der Waals surface area contributed by atoms with Crippen LogP contribution in [0.2, 0.25) is 0 Å². The van der Waals surface area contributed by atoms with Crippen molar-refractivity contribution in [1.82, 2.24) is 10.2 Å². The SMILES string of the molecule is CCCNC1CCN(CC2(C)CCCC2)CC1. The van der Waals surface area contributed by atoms with Gasteiger partial charge < -0.3 is 10.2 Å². The van der Waals surface area contributed by atoms with E-state index in [4.69, 9.17) is 0 Å². The van der Waals surface area contributed by atoms with Gasteiger partial charge in [-0.15, -0.1) is 0 Å². The van der Waals surface area contributed by atoms with Crippen molar-refractivity contribution in [2.75, 3.05) is 26.2 Å². The van der Waals surface area contributed by atoms with Crippen LogP contribution >= 0.6 is 0 Å². The number of piperidine rings is 1. The van der Waals surface area contributed by atoms with Gasteiger partial charge in [-0.2, -0.15) is 0 Å². The van der Waals surface area contributed by atoms with Crippen molar-refractivity contribution in [2.45, 2.75) is 64.8 Å². The fourth-order valence-corrected chi connectivity index (χ4v) is 3.57. The molecule has 0 aromatic rings. The summed E-state index contributed by atoms with van der Waals surface area (Å²) < 4.78 is 0. The second-order valence-corrected chi connectivity index (χ2v) is 6.52. The molecule has 2 nitrogen and oxygen atoms in total. The van der Waals surface area contributed by atoms with Crippen molar-refractivity contribution in [3.05, 3.63) is 0 Å². The number of nitrogens with one attached hydrogen (secondary N) is 1. The van der Waals surface area contributed by atoms with Gasteiger partial charge in [0.15, 0.2) is 0 Å². The second-order valence-electron chi connectivity index (χ2n) is 6.52. The van der Waals surface area contributed by atoms with Gasteiger partial charge >= 0.3 is 0 Å². The van der Waals surface area contributed by atoms with Gasteiger partial charge in [0.05, 0.1) is 0 Å². The van der Waals surface area contributed by atoms with Gasteiger partial charge in [0.2, 0.25) is 0 Å². The van der Waals surface area contributed by atoms with Crippen LogP contribution in [0.25, 0.3) is 0 Å². The fourth-order valence-electron chi connectivity index (χ4n) is 3.57. The van der Waals surface area contributed by atoms with Crippen LogP contribution in [-0.4, -0.2) is 37.1 Å². The summed E-state index contributed by atoms with van der Waals surface area (Å²) in [7, 11) is 0. The highest BCUT2D eigenvalue weighted by Crippen LogP contribution is 2.38. The van der Waals surface area contributed by atoms with Gasteiger partial charge in [0.1, 0.15) is 0 Å². The Morgan fingerprint density at radius 2 is 1.82 bits per heavy atom. The molecule has 0 spiro atoms. The molecule has 17 heavy (non-hydrogen) atoms. The first-order valence-corrected chi connectivity index (χ1v) is 7.68. The molecule has 2 fully saturated rings. The van der Waals surface area contributed by atoms with E-state index in [1.807, 2.05) is 0 Å². The zero-order chi connectivity index (χ0) is 12.1. The average Bonchev–Trinajstić information content (AvgIpc) is 2.75. The van der Waals surface area contributed by atoms with Crippen LogP contribution in [0.4, 0.5) is 0 Å². The van der Waals surface area contributed by atoms with E-state index in [1.54, 1.807) is 0 Å². The average molecular weight is 238 g/mol. The van der Waals surface area contributed by atoms with Gasteiger partial charge in [-0.3, -0.25) is 0 Å². The Hall–Kier alpha value is -0.0800. The third-order valence-electron chi connectivity index (χ3n) is 4.69. The summed E-state index contributed by atoms with van der Waals surface area (Å²) in [5, 5.41) is 3.67. The summed E-state index contributed by atoms with van der Waals surface area (Å²) in [5.74, 6) is 0. The minimum Gasteiger partial charge on any atom is -0.314 e. The molecule has 1 saturated heterocycles. The molecule has 0 radical (unpaired) electrons. The number of hydrogen-bond acceptors (Lipinski definition) is 2. The lowest BCUT2D eigenvalue weighted by Crippen LogP contribution is -2.45. The molecule has 0 unspecified atom stereocenters. The minimum absolute atomic E-state index is 0.643. The van der Waals surface area contributed by atoms with Crippen LogP contribution in [-0.2, 0) is 0 Å². The smallest absolute Gasteiger partial charge is 0.00914 e. The van der Waals surface area contributed by atoms with E-state index in [-0.39, 0.29) is 0 Å². The minimum atomic E-state index is 0.643. The third kappa shape index (κ3) is 3.96. The molecule has 0 aromatic heterocycles. The normalized spacial score (nSPS) is 26.5. The molecule has 0 atom stereocenters. The summed E-state index contributed by atoms with van der Waals surface area (Å²) in [6.07, 6.45) is 9.82. The van der Waals surface area contributed by atoms with Gasteiger partial charge in [0, 0.05) is 12.6 Å². The summed E-state index contributed by atoms with van der Waals surface area (Å²) in [4.78, 5) is 2.72. The number of likely N-dealkylation sites (tertiary alicyclic amines) is 1. The molecule has 1 aliphatic heterocycles. The molecule has 2 aliphatic rings. The van der Waals surface area contributed by atoms with E-state index in [2.05, 4.69) is 24.1 Å². The molecule has 0 bridgehead atoms. The first-order valence-electron chi connectivity index (χ1n) is 7.68. The zero-order valence-corrected chi connectivity index (χ0v) is 11.8. The number of nitrogens with zero attached hydrogens (tertiary/aromatic N) is 1. The molecule has 1 saturated carbocycles. The standard InChI is InChI=1S/C15H30N2/c1-3-10-16-14-6-11-17(12-7-14)13-15(2)8-4-5-9-15/h14,16H,3-13H2,1-2H3. The van der Waals surface area contributed by atoms with Gasteiger partial charge in [-0.25, -0.2) is 0 Å². The van der Waals surface area contributed by atoms with Crippen molar-refractivity contribution in [1.29, 1.82) is 0 Å². The molecule has 0 aromatic carbocycles. The maximum atomic E-state index is 3.67. The van der Waals surface area contributed by atoms with E-state index in [9.17, 15) is 0 Å². The predicted molar refractivity (Wildman–Crippen MR) is 74.3 cm³/mol. The molecule has 1 N–H and O–H groups in total. The quantitative estimate of drug-likeness (QED) is 0.792. The van der Waals surface area contributed by atoms with Crippen LogP contribution in [0, 0.1) is 5.41 Å². The predicted octanol–water partition coefficient (Wildman–Crippen LogP) is 3.03. The molecule has 2 heteroatoms. The number of rotatable bonds is 5. The van der Waals surface area contributed by atoms with Gasteiger partial charge in [-0.05, 0) is 57.2 Å². The summed E-state index contributed by atoms with van der Waals surface area (Å²) >= 11 is 0. The maximum Gasteiger partial charge on any atom is 0.00914 e. The van der Waals surface area contributed by atoms with Crippen LogP contribution in [0.5, 0.6) is 0 Å². The highest BCUT2D eigenvalue weighted by atomic mass is 15.1. The van der Waals surface area contributed by atoms with Crippen molar-refractivity contribution < 1.29 is 0 Å². The van der Waals surface area contributed by atoms with Gasteiger partial charge in [-0.1, -0.05) is 26.7 Å². The van der Waals surface area contributed by atoms with Crippen LogP contribution in [0.3, 0.4) is 0 Å². The Kier molecular flexibility index (Phi) is 4.87. The topological polar surface area (TPSA) is 15.3 Å². The Bertz CT molecular complexity index is 213. The molecule has 1 heterocycles. The van der Waals surface area contributed by atoms with E-state index >= 15 is 0 Å². The van der Waals surface area contributed by atoms with Crippen LogP contribution in [0.15, 0.2) is 0 Å². The Balaban J connectivity index is 1.68. The fraction of sp³-hybridized carbons (Fsp3) is 1.00. The van der Waals surface area contributed by atoms with Crippen molar-refractivity contribution in [3.8, 4) is 0 Å². The Morgan fingerprint density at radius 1 is 1.18 bits per heavy atom. The molecule has 100 valence electrons. The number of hydrogen-bond donors (Lipinski definition) is 1. The Morgan fingerprint density at radius 3 is 2.41 bits per heavy atom. The van der Waals surface area contributed by atoms with Gasteiger partial charge in [0.25, 0.3) is 0 Å². The van der Waals surface area contributed by atoms with Crippen molar-refractivity contribution in [2.24, 2.45) is 5.41 Å². The third-order valence-corrected chi connectivity index (χ3v) is 4.69. The van der Waals surface area contributed by atoms with Crippen LogP contribution in [0.1, 0.15) is 58.8 Å². The van der Waals surface area contributed by atoms with Crippen molar-refractivity contribution in [3.63, 3.8) is 0 Å². The molecular formula is C15H30N2. The zero-order valence-electron chi connectivity index (χ0n) is 11.8. The lowest BCUT2D eigenvalue weighted by Gasteiger charge is -2.37. The van der Waals surface area contributed by atoms with E-state index < -0.39 is 0 Å². The first-order chi connectivity index (χ1) is 8.22. The van der Waals surface area contributed by atoms with Crippen LogP contribution < -0.4 is 5.32 Å². The highest BCUT2D eigenvalue weighted by Gasteiger charge is 2.31. The lowest BCUT2D eigenvalue weighted by molar-refractivity contribution is 0.130. The lowest BCUT2D eigenvalue weighted by atomic mass is 9.87.